The second kappa shape index (κ2) is 16.5. The molecule has 0 unspecified atom stereocenters. The summed E-state index contributed by atoms with van der Waals surface area (Å²) in [6, 6.07) is 13.2. The average molecular weight is 684 g/mol. The number of phenolic OH excluding ortho intramolecular Hbond substituents is 2. The molecule has 3 amide bonds. The van der Waals surface area contributed by atoms with Crippen molar-refractivity contribution in [3.8, 4) is 11.5 Å². The molecular weight excluding hydrogens is 638 g/mol. The van der Waals surface area contributed by atoms with Crippen LogP contribution in [0.2, 0.25) is 0 Å². The summed E-state index contributed by atoms with van der Waals surface area (Å²) in [5, 5.41) is 39.3. The number of hydrogen-bond donors (Lipinski definition) is 6. The van der Waals surface area contributed by atoms with E-state index in [0.717, 1.165) is 28.1 Å². The highest BCUT2D eigenvalue weighted by Gasteiger charge is 2.37. The van der Waals surface area contributed by atoms with Gasteiger partial charge in [-0.05, 0) is 47.6 Å². The highest BCUT2D eigenvalue weighted by molar-refractivity contribution is 7.89. The maximum absolute atomic E-state index is 13.8. The number of carbonyl (C=O) groups is 3. The first-order valence-corrected chi connectivity index (χ1v) is 16.9. The zero-order chi connectivity index (χ0) is 35.6. The molecule has 3 rings (SSSR count). The van der Waals surface area contributed by atoms with Crippen LogP contribution in [-0.2, 0) is 26.0 Å². The standard InChI is InChI=1S/C34H45N5O8S/c1-22(2)20-39(48(46,47)25-13-14-27(40)28(41)17-25)21-29(42)26(16-23-10-7-6-8-11-23)37-33(45)31(34(3,4)5)38-30(43)19-36-32(44)24-12-9-15-35-18-24/h6-15,17-18,22,26,29,31,40-42H,16,19-21H2,1-5H3,(H,36,44)(H,37,45)(H,38,43)/t26-,29+,31+/m0/s1. The van der Waals surface area contributed by atoms with Gasteiger partial charge in [-0.2, -0.15) is 4.31 Å². The highest BCUT2D eigenvalue weighted by atomic mass is 32.2. The van der Waals surface area contributed by atoms with Gasteiger partial charge in [0.1, 0.15) is 6.04 Å². The SMILES string of the molecule is CC(C)CN(C[C@@H](O)[C@H](Cc1ccccc1)NC(=O)[C@@H](NC(=O)CNC(=O)c1cccnc1)C(C)(C)C)S(=O)(=O)c1ccc(O)c(O)c1. The molecule has 260 valence electrons. The van der Waals surface area contributed by atoms with Crippen LogP contribution in [0, 0.1) is 11.3 Å². The van der Waals surface area contributed by atoms with Gasteiger partial charge < -0.3 is 31.3 Å². The number of sulfonamides is 1. The van der Waals surface area contributed by atoms with Gasteiger partial charge in [-0.25, -0.2) is 8.42 Å². The predicted molar refractivity (Wildman–Crippen MR) is 179 cm³/mol. The normalized spacial score (nSPS) is 13.8. The third-order valence-corrected chi connectivity index (χ3v) is 9.23. The largest absolute Gasteiger partial charge is 0.504 e. The van der Waals surface area contributed by atoms with Crippen LogP contribution in [-0.4, -0.2) is 88.6 Å². The van der Waals surface area contributed by atoms with Gasteiger partial charge in [0.2, 0.25) is 21.8 Å². The van der Waals surface area contributed by atoms with E-state index in [4.69, 9.17) is 0 Å². The number of aliphatic hydroxyl groups excluding tert-OH is 1. The van der Waals surface area contributed by atoms with Crippen molar-refractivity contribution in [2.45, 2.75) is 64.1 Å². The lowest BCUT2D eigenvalue weighted by atomic mass is 9.85. The van der Waals surface area contributed by atoms with Crippen molar-refractivity contribution < 1.29 is 38.1 Å². The summed E-state index contributed by atoms with van der Waals surface area (Å²) in [4.78, 5) is 42.7. The number of aromatic hydroxyl groups is 2. The van der Waals surface area contributed by atoms with Crippen LogP contribution in [0.15, 0.2) is 78.0 Å². The Hall–Kier alpha value is -4.53. The Morgan fingerprint density at radius 2 is 1.60 bits per heavy atom. The minimum Gasteiger partial charge on any atom is -0.504 e. The van der Waals surface area contributed by atoms with Crippen LogP contribution in [0.4, 0.5) is 0 Å². The molecule has 48 heavy (non-hydrogen) atoms. The fraction of sp³-hybridized carbons (Fsp3) is 0.412. The van der Waals surface area contributed by atoms with Crippen molar-refractivity contribution in [2.75, 3.05) is 19.6 Å². The lowest BCUT2D eigenvalue weighted by Crippen LogP contribution is -2.59. The van der Waals surface area contributed by atoms with Crippen molar-refractivity contribution in [1.29, 1.82) is 0 Å². The molecule has 0 aliphatic heterocycles. The third-order valence-electron chi connectivity index (χ3n) is 7.40. The van der Waals surface area contributed by atoms with E-state index in [1.807, 2.05) is 32.0 Å². The van der Waals surface area contributed by atoms with Gasteiger partial charge in [-0.1, -0.05) is 65.0 Å². The maximum atomic E-state index is 13.8. The monoisotopic (exact) mass is 683 g/mol. The molecule has 6 N–H and O–H groups in total. The molecule has 0 aliphatic carbocycles. The van der Waals surface area contributed by atoms with E-state index in [1.54, 1.807) is 45.0 Å². The Kier molecular flexibility index (Phi) is 13.1. The second-order valence-electron chi connectivity index (χ2n) is 13.0. The smallest absolute Gasteiger partial charge is 0.253 e. The number of amides is 3. The van der Waals surface area contributed by atoms with Crippen molar-refractivity contribution in [1.82, 2.24) is 25.2 Å². The summed E-state index contributed by atoms with van der Waals surface area (Å²) in [5.41, 5.74) is 0.227. The third kappa shape index (κ3) is 10.8. The van der Waals surface area contributed by atoms with E-state index in [2.05, 4.69) is 20.9 Å². The van der Waals surface area contributed by atoms with E-state index < -0.39 is 75.9 Å². The molecule has 0 radical (unpaired) electrons. The molecule has 3 aromatic rings. The van der Waals surface area contributed by atoms with Crippen molar-refractivity contribution in [3.05, 3.63) is 84.2 Å². The van der Waals surface area contributed by atoms with Crippen LogP contribution in [0.1, 0.15) is 50.5 Å². The van der Waals surface area contributed by atoms with Gasteiger partial charge in [0.05, 0.1) is 29.1 Å². The summed E-state index contributed by atoms with van der Waals surface area (Å²) in [7, 11) is -4.26. The van der Waals surface area contributed by atoms with E-state index in [1.165, 1.54) is 12.4 Å². The summed E-state index contributed by atoms with van der Waals surface area (Å²) in [5.74, 6) is -2.98. The number of aromatic nitrogens is 1. The number of benzene rings is 2. The van der Waals surface area contributed by atoms with Crippen LogP contribution >= 0.6 is 0 Å². The quantitative estimate of drug-likeness (QED) is 0.130. The van der Waals surface area contributed by atoms with E-state index >= 15 is 0 Å². The Balaban J connectivity index is 1.84. The number of phenols is 2. The zero-order valence-corrected chi connectivity index (χ0v) is 28.6. The van der Waals surface area contributed by atoms with E-state index in [0.29, 0.717) is 0 Å². The Morgan fingerprint density at radius 3 is 2.19 bits per heavy atom. The number of pyridine rings is 1. The van der Waals surface area contributed by atoms with Crippen molar-refractivity contribution in [2.24, 2.45) is 11.3 Å². The summed E-state index contributed by atoms with van der Waals surface area (Å²) in [6.07, 6.45) is 1.59. The molecule has 0 saturated carbocycles. The first-order chi connectivity index (χ1) is 22.5. The second-order valence-corrected chi connectivity index (χ2v) is 15.0. The summed E-state index contributed by atoms with van der Waals surface area (Å²) < 4.78 is 28.4. The lowest BCUT2D eigenvalue weighted by molar-refractivity contribution is -0.132. The number of nitrogens with zero attached hydrogens (tertiary/aromatic N) is 2. The zero-order valence-electron chi connectivity index (χ0n) is 27.8. The lowest BCUT2D eigenvalue weighted by Gasteiger charge is -2.34. The first-order valence-electron chi connectivity index (χ1n) is 15.5. The van der Waals surface area contributed by atoms with E-state index in [-0.39, 0.29) is 29.3 Å². The molecule has 0 aliphatic rings. The van der Waals surface area contributed by atoms with Gasteiger partial charge in [0, 0.05) is 31.5 Å². The maximum Gasteiger partial charge on any atom is 0.253 e. The van der Waals surface area contributed by atoms with Crippen LogP contribution in [0.3, 0.4) is 0 Å². The van der Waals surface area contributed by atoms with Crippen molar-refractivity contribution >= 4 is 27.7 Å². The minimum atomic E-state index is -4.26. The number of carbonyl (C=O) groups excluding carboxylic acids is 3. The molecule has 13 nitrogen and oxygen atoms in total. The Bertz CT molecular complexity index is 1650. The van der Waals surface area contributed by atoms with Gasteiger partial charge >= 0.3 is 0 Å². The predicted octanol–water partition coefficient (Wildman–Crippen LogP) is 2.19. The number of aliphatic hydroxyl groups is 1. The molecule has 14 heteroatoms. The molecule has 1 heterocycles. The first kappa shape index (κ1) is 37.9. The molecule has 0 spiro atoms. The van der Waals surface area contributed by atoms with Gasteiger partial charge in [-0.3, -0.25) is 19.4 Å². The minimum absolute atomic E-state index is 0.0124. The topological polar surface area (TPSA) is 198 Å². The molecule has 2 aromatic carbocycles. The molecule has 0 saturated heterocycles. The summed E-state index contributed by atoms with van der Waals surface area (Å²) >= 11 is 0. The van der Waals surface area contributed by atoms with Crippen LogP contribution < -0.4 is 16.0 Å². The number of rotatable bonds is 15. The van der Waals surface area contributed by atoms with Gasteiger partial charge in [0.15, 0.2) is 11.5 Å². The average Bonchev–Trinajstić information content (AvgIpc) is 3.03. The van der Waals surface area contributed by atoms with Crippen LogP contribution in [0.5, 0.6) is 11.5 Å². The molecular formula is C34H45N5O8S. The fourth-order valence-corrected chi connectivity index (χ4v) is 6.53. The number of nitrogens with one attached hydrogen (secondary N) is 3. The molecule has 1 aromatic heterocycles. The Morgan fingerprint density at radius 1 is 0.917 bits per heavy atom. The number of hydrogen-bond acceptors (Lipinski definition) is 9. The summed E-state index contributed by atoms with van der Waals surface area (Å²) in [6.45, 7) is 8.06. The fourth-order valence-electron chi connectivity index (χ4n) is 4.89. The van der Waals surface area contributed by atoms with Crippen molar-refractivity contribution in [3.63, 3.8) is 0 Å². The molecule has 3 atom stereocenters. The molecule has 0 fully saturated rings. The highest BCUT2D eigenvalue weighted by Crippen LogP contribution is 2.29. The van der Waals surface area contributed by atoms with Gasteiger partial charge in [0.25, 0.3) is 5.91 Å². The molecule has 0 bridgehead atoms. The van der Waals surface area contributed by atoms with E-state index in [9.17, 15) is 38.1 Å². The van der Waals surface area contributed by atoms with Gasteiger partial charge in [-0.15, -0.1) is 0 Å². The van der Waals surface area contributed by atoms with Crippen LogP contribution in [0.25, 0.3) is 0 Å². The Labute approximate surface area is 281 Å².